The molecule has 3 atom stereocenters. The van der Waals surface area contributed by atoms with Gasteiger partial charge in [-0.3, -0.25) is 4.79 Å². The SMILES string of the molecule is O=C([C@H]1CC[C@H](O)CO1)N1CCc2ccccc2[C@@H]1c1ccc(F)cc1. The zero-order chi connectivity index (χ0) is 18.1. The third-order valence-electron chi connectivity index (χ3n) is 5.28. The minimum absolute atomic E-state index is 0.0549. The van der Waals surface area contributed by atoms with Crippen LogP contribution in [0.3, 0.4) is 0 Å². The van der Waals surface area contributed by atoms with E-state index in [4.69, 9.17) is 4.74 Å². The molecule has 2 aromatic carbocycles. The van der Waals surface area contributed by atoms with Crippen molar-refractivity contribution in [3.8, 4) is 0 Å². The van der Waals surface area contributed by atoms with Gasteiger partial charge in [0.15, 0.2) is 0 Å². The number of carbonyl (C=O) groups excluding carboxylic acids is 1. The van der Waals surface area contributed by atoms with Gasteiger partial charge in [0.1, 0.15) is 11.9 Å². The molecule has 4 rings (SSSR count). The van der Waals surface area contributed by atoms with Gasteiger partial charge in [0.05, 0.1) is 18.8 Å². The van der Waals surface area contributed by atoms with Crippen molar-refractivity contribution in [3.05, 3.63) is 71.0 Å². The molecule has 0 bridgehead atoms. The molecule has 2 heterocycles. The maximum Gasteiger partial charge on any atom is 0.252 e. The molecule has 2 aliphatic heterocycles. The lowest BCUT2D eigenvalue weighted by atomic mass is 9.87. The van der Waals surface area contributed by atoms with Gasteiger partial charge < -0.3 is 14.7 Å². The summed E-state index contributed by atoms with van der Waals surface area (Å²) in [5.74, 6) is -0.346. The minimum Gasteiger partial charge on any atom is -0.391 e. The molecule has 4 nitrogen and oxygen atoms in total. The molecule has 136 valence electrons. The second kappa shape index (κ2) is 7.17. The number of halogens is 1. The van der Waals surface area contributed by atoms with Gasteiger partial charge in [0.25, 0.3) is 5.91 Å². The predicted octanol–water partition coefficient (Wildman–Crippen LogP) is 2.84. The van der Waals surface area contributed by atoms with Crippen molar-refractivity contribution in [2.45, 2.75) is 37.5 Å². The Labute approximate surface area is 152 Å². The number of nitrogens with zero attached hydrogens (tertiary/aromatic N) is 1. The van der Waals surface area contributed by atoms with Crippen molar-refractivity contribution in [2.75, 3.05) is 13.2 Å². The van der Waals surface area contributed by atoms with Gasteiger partial charge in [-0.2, -0.15) is 0 Å². The number of fused-ring (bicyclic) bond motifs is 1. The van der Waals surface area contributed by atoms with Crippen LogP contribution in [0, 0.1) is 5.82 Å². The molecule has 0 spiro atoms. The number of hydrogen-bond acceptors (Lipinski definition) is 3. The molecule has 1 amide bonds. The molecule has 1 saturated heterocycles. The summed E-state index contributed by atoms with van der Waals surface area (Å²) < 4.78 is 19.0. The summed E-state index contributed by atoms with van der Waals surface area (Å²) in [6, 6.07) is 14.2. The van der Waals surface area contributed by atoms with E-state index in [2.05, 4.69) is 6.07 Å². The maximum absolute atomic E-state index is 13.4. The van der Waals surface area contributed by atoms with Crippen LogP contribution in [-0.4, -0.2) is 41.3 Å². The highest BCUT2D eigenvalue weighted by molar-refractivity contribution is 5.82. The van der Waals surface area contributed by atoms with E-state index in [0.29, 0.717) is 19.4 Å². The molecular formula is C21H22FNO3. The standard InChI is InChI=1S/C21H22FNO3/c22-16-7-5-15(6-8-16)20-18-4-2-1-3-14(18)11-12-23(20)21(25)19-10-9-17(24)13-26-19/h1-8,17,19-20,24H,9-13H2/t17-,19+,20-/m0/s1. The molecule has 1 fully saturated rings. The molecule has 2 aromatic rings. The number of ether oxygens (including phenoxy) is 1. The van der Waals surface area contributed by atoms with Crippen molar-refractivity contribution in [1.29, 1.82) is 0 Å². The third kappa shape index (κ3) is 3.24. The van der Waals surface area contributed by atoms with Crippen molar-refractivity contribution in [1.82, 2.24) is 4.90 Å². The number of benzene rings is 2. The van der Waals surface area contributed by atoms with Crippen molar-refractivity contribution >= 4 is 5.91 Å². The second-order valence-electron chi connectivity index (χ2n) is 6.99. The van der Waals surface area contributed by atoms with Crippen LogP contribution in [0.25, 0.3) is 0 Å². The van der Waals surface area contributed by atoms with E-state index in [1.165, 1.54) is 17.7 Å². The normalized spacial score (nSPS) is 25.6. The minimum atomic E-state index is -0.522. The summed E-state index contributed by atoms with van der Waals surface area (Å²) in [4.78, 5) is 15.0. The van der Waals surface area contributed by atoms with E-state index in [-0.39, 0.29) is 24.4 Å². The smallest absolute Gasteiger partial charge is 0.252 e. The van der Waals surface area contributed by atoms with E-state index in [9.17, 15) is 14.3 Å². The molecule has 0 saturated carbocycles. The summed E-state index contributed by atoms with van der Waals surface area (Å²) in [7, 11) is 0. The van der Waals surface area contributed by atoms with Crippen LogP contribution in [0.2, 0.25) is 0 Å². The molecule has 0 radical (unpaired) electrons. The highest BCUT2D eigenvalue weighted by Gasteiger charge is 2.37. The van der Waals surface area contributed by atoms with E-state index in [0.717, 1.165) is 17.5 Å². The number of carbonyl (C=O) groups is 1. The topological polar surface area (TPSA) is 49.8 Å². The first kappa shape index (κ1) is 17.2. The third-order valence-corrected chi connectivity index (χ3v) is 5.28. The first-order valence-corrected chi connectivity index (χ1v) is 9.07. The van der Waals surface area contributed by atoms with E-state index < -0.39 is 12.2 Å². The quantitative estimate of drug-likeness (QED) is 0.901. The zero-order valence-corrected chi connectivity index (χ0v) is 14.5. The summed E-state index contributed by atoms with van der Waals surface area (Å²) in [6.07, 6.45) is 0.867. The van der Waals surface area contributed by atoms with Gasteiger partial charge in [0.2, 0.25) is 0 Å². The van der Waals surface area contributed by atoms with Gasteiger partial charge >= 0.3 is 0 Å². The van der Waals surface area contributed by atoms with Gasteiger partial charge in [-0.05, 0) is 48.1 Å². The molecule has 0 aliphatic carbocycles. The van der Waals surface area contributed by atoms with Crippen molar-refractivity contribution in [3.63, 3.8) is 0 Å². The average Bonchev–Trinajstić information content (AvgIpc) is 2.68. The van der Waals surface area contributed by atoms with E-state index >= 15 is 0 Å². The summed E-state index contributed by atoms with van der Waals surface area (Å²) in [5, 5.41) is 9.62. The average molecular weight is 355 g/mol. The monoisotopic (exact) mass is 355 g/mol. The highest BCUT2D eigenvalue weighted by atomic mass is 19.1. The van der Waals surface area contributed by atoms with Crippen LogP contribution in [-0.2, 0) is 16.0 Å². The van der Waals surface area contributed by atoms with Crippen LogP contribution in [0.4, 0.5) is 4.39 Å². The fraction of sp³-hybridized carbons (Fsp3) is 0.381. The molecule has 0 aromatic heterocycles. The maximum atomic E-state index is 13.4. The predicted molar refractivity (Wildman–Crippen MR) is 95.1 cm³/mol. The fourth-order valence-electron chi connectivity index (χ4n) is 3.93. The summed E-state index contributed by atoms with van der Waals surface area (Å²) >= 11 is 0. The zero-order valence-electron chi connectivity index (χ0n) is 14.5. The highest BCUT2D eigenvalue weighted by Crippen LogP contribution is 2.36. The molecule has 1 N–H and O–H groups in total. The Balaban J connectivity index is 1.68. The summed E-state index contributed by atoms with van der Waals surface area (Å²) in [6.45, 7) is 0.794. The van der Waals surface area contributed by atoms with Gasteiger partial charge in [-0.15, -0.1) is 0 Å². The van der Waals surface area contributed by atoms with Crippen molar-refractivity contribution < 1.29 is 19.0 Å². The summed E-state index contributed by atoms with van der Waals surface area (Å²) in [5.41, 5.74) is 3.18. The van der Waals surface area contributed by atoms with E-state index in [1.54, 1.807) is 12.1 Å². The van der Waals surface area contributed by atoms with Crippen LogP contribution < -0.4 is 0 Å². The van der Waals surface area contributed by atoms with Crippen LogP contribution in [0.1, 0.15) is 35.6 Å². The second-order valence-corrected chi connectivity index (χ2v) is 6.99. The molecule has 0 unspecified atom stereocenters. The van der Waals surface area contributed by atoms with Crippen LogP contribution >= 0.6 is 0 Å². The molecule has 2 aliphatic rings. The van der Waals surface area contributed by atoms with Crippen LogP contribution in [0.15, 0.2) is 48.5 Å². The Morgan fingerprint density at radius 1 is 1.12 bits per heavy atom. The lowest BCUT2D eigenvalue weighted by molar-refractivity contribution is -0.153. The fourth-order valence-corrected chi connectivity index (χ4v) is 3.93. The first-order chi connectivity index (χ1) is 12.6. The Morgan fingerprint density at radius 3 is 2.62 bits per heavy atom. The molecular weight excluding hydrogens is 333 g/mol. The van der Waals surface area contributed by atoms with Gasteiger partial charge in [-0.1, -0.05) is 36.4 Å². The van der Waals surface area contributed by atoms with Crippen LogP contribution in [0.5, 0.6) is 0 Å². The number of rotatable bonds is 2. The Hall–Kier alpha value is -2.24. The number of aliphatic hydroxyl groups is 1. The lowest BCUT2D eigenvalue weighted by Gasteiger charge is -2.40. The Bertz CT molecular complexity index is 784. The largest absolute Gasteiger partial charge is 0.391 e. The number of amides is 1. The lowest BCUT2D eigenvalue weighted by Crippen LogP contribution is -2.48. The Kier molecular flexibility index (Phi) is 4.74. The van der Waals surface area contributed by atoms with Gasteiger partial charge in [0, 0.05) is 6.54 Å². The van der Waals surface area contributed by atoms with Crippen molar-refractivity contribution in [2.24, 2.45) is 0 Å². The molecule has 26 heavy (non-hydrogen) atoms. The number of hydrogen-bond donors (Lipinski definition) is 1. The molecule has 5 heteroatoms. The number of aliphatic hydroxyl groups excluding tert-OH is 1. The Morgan fingerprint density at radius 2 is 1.88 bits per heavy atom. The van der Waals surface area contributed by atoms with Gasteiger partial charge in [-0.25, -0.2) is 4.39 Å². The van der Waals surface area contributed by atoms with E-state index in [1.807, 2.05) is 23.1 Å². The first-order valence-electron chi connectivity index (χ1n) is 9.07.